The number of aliphatic carboxylic acids is 1. The normalized spacial score (nSPS) is 12.0. The van der Waals surface area contributed by atoms with Gasteiger partial charge >= 0.3 is 17.4 Å². The molecule has 1 amide bonds. The van der Waals surface area contributed by atoms with Crippen molar-refractivity contribution in [3.05, 3.63) is 83.9 Å². The zero-order chi connectivity index (χ0) is 30.8. The molecule has 0 aliphatic rings. The van der Waals surface area contributed by atoms with E-state index < -0.39 is 50.5 Å². The highest BCUT2D eigenvalue weighted by Crippen LogP contribution is 2.31. The number of amides is 1. The van der Waals surface area contributed by atoms with E-state index >= 15 is 0 Å². The molecule has 4 aromatic rings. The molecule has 0 spiro atoms. The van der Waals surface area contributed by atoms with Crippen LogP contribution in [-0.2, 0) is 32.0 Å². The zero-order valence-electron chi connectivity index (χ0n) is 21.5. The van der Waals surface area contributed by atoms with Crippen molar-refractivity contribution in [2.45, 2.75) is 23.7 Å². The molecule has 0 aliphatic carbocycles. The van der Waals surface area contributed by atoms with Crippen LogP contribution >= 0.6 is 0 Å². The van der Waals surface area contributed by atoms with Crippen LogP contribution in [0.2, 0.25) is 0 Å². The number of carboxylic acid groups (broad SMARTS) is 1. The molecule has 1 heterocycles. The second-order valence-electron chi connectivity index (χ2n) is 8.71. The van der Waals surface area contributed by atoms with E-state index in [2.05, 4.69) is 0 Å². The summed E-state index contributed by atoms with van der Waals surface area (Å²) in [4.78, 5) is 25.2. The van der Waals surface area contributed by atoms with Gasteiger partial charge in [0.15, 0.2) is 10.1 Å². The smallest absolute Gasteiger partial charge is 0.485 e. The van der Waals surface area contributed by atoms with Crippen LogP contribution in [0.4, 0.5) is 13.2 Å². The quantitative estimate of drug-likeness (QED) is 0.147. The number of rotatable bonds is 6. The number of aromatic nitrogens is 1. The third-order valence-electron chi connectivity index (χ3n) is 5.93. The SMILES string of the molecule is Cc1ccc(S(=O)(=O)N(CCC(=O)O)C(=O)[c+]2c3ccccc3n(C)c3ccccc32)cc1.O=S(=O)([O-])C(F)(F)F. The number of halogens is 3. The van der Waals surface area contributed by atoms with Crippen LogP contribution in [0, 0.1) is 6.92 Å². The van der Waals surface area contributed by atoms with Crippen LogP contribution in [0.5, 0.6) is 0 Å². The number of carbonyl (C=O) groups is 2. The van der Waals surface area contributed by atoms with Crippen molar-refractivity contribution in [3.8, 4) is 0 Å². The minimum absolute atomic E-state index is 0.0677. The molecule has 218 valence electrons. The van der Waals surface area contributed by atoms with Crippen molar-refractivity contribution in [1.82, 2.24) is 8.87 Å². The van der Waals surface area contributed by atoms with Gasteiger partial charge in [-0.25, -0.2) is 21.1 Å². The minimum Gasteiger partial charge on any atom is -0.741 e. The monoisotopic (exact) mass is 612 g/mol. The van der Waals surface area contributed by atoms with E-state index in [0.717, 1.165) is 16.6 Å². The highest BCUT2D eigenvalue weighted by Gasteiger charge is 2.37. The summed E-state index contributed by atoms with van der Waals surface area (Å²) in [6.07, 6.45) is -0.507. The number of benzene rings is 3. The van der Waals surface area contributed by atoms with E-state index in [-0.39, 0.29) is 10.5 Å². The zero-order valence-corrected chi connectivity index (χ0v) is 23.1. The van der Waals surface area contributed by atoms with Crippen LogP contribution in [-0.4, -0.2) is 59.3 Å². The van der Waals surface area contributed by atoms with Crippen molar-refractivity contribution in [1.29, 1.82) is 0 Å². The molecule has 0 saturated heterocycles. The van der Waals surface area contributed by atoms with E-state index in [0.29, 0.717) is 15.1 Å². The number of sulfonamides is 1. The van der Waals surface area contributed by atoms with Crippen molar-refractivity contribution < 1.29 is 49.3 Å². The predicted octanol–water partition coefficient (Wildman–Crippen LogP) is 4.28. The maximum absolute atomic E-state index is 13.9. The number of nitrogens with zero attached hydrogens (tertiary/aromatic N) is 2. The molecule has 0 aliphatic heterocycles. The summed E-state index contributed by atoms with van der Waals surface area (Å²) in [5.41, 5.74) is -3.05. The molecule has 0 unspecified atom stereocenters. The number of para-hydroxylation sites is 2. The lowest BCUT2D eigenvalue weighted by Gasteiger charge is -2.22. The Hall–Kier alpha value is -4.08. The summed E-state index contributed by atoms with van der Waals surface area (Å²) in [6.45, 7) is 1.35. The fourth-order valence-electron chi connectivity index (χ4n) is 3.95. The van der Waals surface area contributed by atoms with Gasteiger partial charge in [0.25, 0.3) is 10.0 Å². The fraction of sp³-hybridized carbons (Fsp3) is 0.192. The van der Waals surface area contributed by atoms with Crippen LogP contribution in [0.3, 0.4) is 0 Å². The van der Waals surface area contributed by atoms with Gasteiger partial charge in [-0.1, -0.05) is 17.7 Å². The van der Waals surface area contributed by atoms with Crippen LogP contribution < -0.4 is 0 Å². The number of fused-ring (bicyclic) bond motifs is 2. The fourth-order valence-corrected chi connectivity index (χ4v) is 5.33. The molecule has 4 rings (SSSR count). The summed E-state index contributed by atoms with van der Waals surface area (Å²) in [5.74, 6) is -1.95. The van der Waals surface area contributed by atoms with Gasteiger partial charge in [-0.05, 0) is 55.5 Å². The Bertz CT molecular complexity index is 1780. The van der Waals surface area contributed by atoms with E-state index in [4.69, 9.17) is 13.0 Å². The molecular formula is C26H23F3N2O8S2. The molecule has 15 heteroatoms. The van der Waals surface area contributed by atoms with Gasteiger partial charge in [0.2, 0.25) is 0 Å². The first-order valence-electron chi connectivity index (χ1n) is 11.6. The number of pyridine rings is 1. The molecule has 0 bridgehead atoms. The summed E-state index contributed by atoms with van der Waals surface area (Å²) in [7, 11) is -8.51. The van der Waals surface area contributed by atoms with Gasteiger partial charge in [0.1, 0.15) is 27.4 Å². The Morgan fingerprint density at radius 2 is 1.34 bits per heavy atom. The third kappa shape index (κ3) is 6.81. The van der Waals surface area contributed by atoms with Crippen molar-refractivity contribution >= 4 is 53.8 Å². The van der Waals surface area contributed by atoms with Crippen LogP contribution in [0.1, 0.15) is 22.3 Å². The number of alkyl halides is 3. The molecule has 10 nitrogen and oxygen atoms in total. The summed E-state index contributed by atoms with van der Waals surface area (Å²) in [6, 6.07) is 20.6. The highest BCUT2D eigenvalue weighted by atomic mass is 32.2. The van der Waals surface area contributed by atoms with E-state index in [1.165, 1.54) is 12.1 Å². The van der Waals surface area contributed by atoms with Gasteiger partial charge in [-0.2, -0.15) is 13.2 Å². The second-order valence-corrected chi connectivity index (χ2v) is 11.9. The first kappa shape index (κ1) is 31.4. The Morgan fingerprint density at radius 3 is 1.76 bits per heavy atom. The minimum atomic E-state index is -6.09. The number of hydrogen-bond donors (Lipinski definition) is 1. The average molecular weight is 613 g/mol. The van der Waals surface area contributed by atoms with E-state index in [1.54, 1.807) is 36.4 Å². The molecular weight excluding hydrogens is 589 g/mol. The third-order valence-corrected chi connectivity index (χ3v) is 8.29. The Balaban J connectivity index is 0.000000507. The van der Waals surface area contributed by atoms with Crippen molar-refractivity contribution in [2.24, 2.45) is 7.05 Å². The molecule has 41 heavy (non-hydrogen) atoms. The lowest BCUT2D eigenvalue weighted by Crippen LogP contribution is -2.38. The maximum atomic E-state index is 13.9. The highest BCUT2D eigenvalue weighted by molar-refractivity contribution is 7.89. The lowest BCUT2D eigenvalue weighted by molar-refractivity contribution is -0.137. The Kier molecular flexibility index (Phi) is 9.05. The van der Waals surface area contributed by atoms with Crippen LogP contribution in [0.15, 0.2) is 77.7 Å². The number of hydrogen-bond acceptors (Lipinski definition) is 7. The summed E-state index contributed by atoms with van der Waals surface area (Å²) in [5, 5.41) is 10.4. The van der Waals surface area contributed by atoms with Gasteiger partial charge in [0.05, 0.1) is 11.3 Å². The van der Waals surface area contributed by atoms with E-state index in [1.807, 2.05) is 42.8 Å². The first-order valence-corrected chi connectivity index (χ1v) is 14.5. The standard InChI is InChI=1S/C25H22N2O5S.CHF3O3S/c1-17-11-13-18(14-12-17)33(31,32)27(16-15-23(28)29)25(30)24-19-7-3-5-9-21(19)26(2)22-10-6-4-8-20(22)24;2-1(3,4)8(5,6)7/h3-14H,15-16H2,1-2H3;(H,5,6,7). The van der Waals surface area contributed by atoms with E-state index in [9.17, 15) is 36.3 Å². The molecule has 0 atom stereocenters. The van der Waals surface area contributed by atoms with Crippen molar-refractivity contribution in [3.63, 3.8) is 0 Å². The van der Waals surface area contributed by atoms with Crippen LogP contribution in [0.25, 0.3) is 21.8 Å². The second kappa shape index (κ2) is 11.8. The van der Waals surface area contributed by atoms with Gasteiger partial charge in [0, 0.05) is 25.7 Å². The summed E-state index contributed by atoms with van der Waals surface area (Å²) >= 11 is 0. The topological polar surface area (TPSA) is 154 Å². The molecule has 1 N–H and O–H groups in total. The number of aryl methyl sites for hydroxylation is 2. The largest absolute Gasteiger partial charge is 0.741 e. The molecule has 0 radical (unpaired) electrons. The molecule has 0 saturated carbocycles. The number of carboxylic acids is 1. The summed E-state index contributed by atoms with van der Waals surface area (Å²) < 4.78 is 88.6. The molecule has 0 fully saturated rings. The Labute approximate surface area is 233 Å². The first-order chi connectivity index (χ1) is 19.0. The average Bonchev–Trinajstić information content (AvgIpc) is 2.88. The lowest BCUT2D eigenvalue weighted by atomic mass is 10.0. The maximum Gasteiger partial charge on any atom is 0.485 e. The van der Waals surface area contributed by atoms with Crippen molar-refractivity contribution in [2.75, 3.05) is 6.54 Å². The molecule has 3 aromatic carbocycles. The van der Waals surface area contributed by atoms with Gasteiger partial charge in [-0.15, -0.1) is 0 Å². The Morgan fingerprint density at radius 1 is 0.902 bits per heavy atom. The van der Waals surface area contributed by atoms with Gasteiger partial charge < -0.3 is 9.66 Å². The van der Waals surface area contributed by atoms with Gasteiger partial charge in [-0.3, -0.25) is 14.2 Å². The number of carbonyl (C=O) groups excluding carboxylic acids is 1. The molecule has 1 aromatic heterocycles. The predicted molar refractivity (Wildman–Crippen MR) is 142 cm³/mol.